The van der Waals surface area contributed by atoms with Crippen LogP contribution in [0.2, 0.25) is 0 Å². The summed E-state index contributed by atoms with van der Waals surface area (Å²) < 4.78 is 5.05. The fraction of sp³-hybridized carbons (Fsp3) is 0.500. The van der Waals surface area contributed by atoms with Gasteiger partial charge in [-0.2, -0.15) is 0 Å². The van der Waals surface area contributed by atoms with E-state index in [1.807, 2.05) is 30.3 Å². The molecule has 0 aliphatic heterocycles. The molecular formula is C14H18O3S. The predicted octanol–water partition coefficient (Wildman–Crippen LogP) is 2.48. The minimum atomic E-state index is -0.565. The first-order chi connectivity index (χ1) is 8.72. The zero-order valence-electron chi connectivity index (χ0n) is 10.4. The molecule has 0 aromatic heterocycles. The van der Waals surface area contributed by atoms with E-state index in [2.05, 4.69) is 0 Å². The van der Waals surface area contributed by atoms with E-state index in [0.717, 1.165) is 11.3 Å². The molecule has 1 saturated carbocycles. The Hall–Kier alpha value is -1.00. The van der Waals surface area contributed by atoms with Gasteiger partial charge in [-0.25, -0.2) is 0 Å². The minimum Gasteiger partial charge on any atom is -0.466 e. The lowest BCUT2D eigenvalue weighted by molar-refractivity contribution is -0.150. The molecule has 1 aliphatic rings. The second-order valence-corrected chi connectivity index (χ2v) is 5.70. The normalized spacial score (nSPS) is 27.1. The summed E-state index contributed by atoms with van der Waals surface area (Å²) >= 11 is 1.66. The molecule has 2 rings (SSSR count). The molecule has 0 spiro atoms. The maximum absolute atomic E-state index is 11.9. The fourth-order valence-electron chi connectivity index (χ4n) is 2.30. The lowest BCUT2D eigenvalue weighted by Crippen LogP contribution is -2.31. The molecule has 0 amide bonds. The van der Waals surface area contributed by atoms with E-state index in [9.17, 15) is 9.90 Å². The number of esters is 1. The maximum Gasteiger partial charge on any atom is 0.312 e. The van der Waals surface area contributed by atoms with Gasteiger partial charge in [0.05, 0.1) is 18.6 Å². The highest BCUT2D eigenvalue weighted by molar-refractivity contribution is 8.00. The third kappa shape index (κ3) is 3.06. The summed E-state index contributed by atoms with van der Waals surface area (Å²) in [6.45, 7) is 2.16. The van der Waals surface area contributed by atoms with E-state index in [1.165, 1.54) is 0 Å². The van der Waals surface area contributed by atoms with Crippen LogP contribution in [-0.4, -0.2) is 29.0 Å². The number of carbonyl (C=O) groups excluding carboxylic acids is 1. The number of aliphatic hydroxyl groups is 1. The smallest absolute Gasteiger partial charge is 0.312 e. The fourth-order valence-corrected chi connectivity index (χ4v) is 3.65. The van der Waals surface area contributed by atoms with Crippen molar-refractivity contribution in [2.45, 2.75) is 36.0 Å². The first-order valence-electron chi connectivity index (χ1n) is 6.28. The van der Waals surface area contributed by atoms with Gasteiger partial charge in [-0.05, 0) is 31.9 Å². The molecule has 3 nitrogen and oxygen atoms in total. The van der Waals surface area contributed by atoms with Crippen LogP contribution in [0.1, 0.15) is 19.8 Å². The Bertz CT molecular complexity index is 393. The minimum absolute atomic E-state index is 0.112. The molecule has 1 fully saturated rings. The molecule has 0 unspecified atom stereocenters. The Kier molecular flexibility index (Phi) is 4.66. The van der Waals surface area contributed by atoms with Crippen LogP contribution in [0.25, 0.3) is 0 Å². The molecule has 18 heavy (non-hydrogen) atoms. The Morgan fingerprint density at radius 3 is 2.78 bits per heavy atom. The van der Waals surface area contributed by atoms with Crippen molar-refractivity contribution in [1.29, 1.82) is 0 Å². The zero-order valence-corrected chi connectivity index (χ0v) is 11.2. The SMILES string of the molecule is CCOC(=O)[C@@H]1[C@@H](Sc2ccccc2)CC[C@@H]1O. The summed E-state index contributed by atoms with van der Waals surface area (Å²) in [6.07, 6.45) is 0.961. The van der Waals surface area contributed by atoms with Gasteiger partial charge in [-0.1, -0.05) is 18.2 Å². The number of aliphatic hydroxyl groups excluding tert-OH is 1. The molecule has 1 aromatic carbocycles. The summed E-state index contributed by atoms with van der Waals surface area (Å²) in [7, 11) is 0. The molecular weight excluding hydrogens is 248 g/mol. The Morgan fingerprint density at radius 2 is 2.11 bits per heavy atom. The van der Waals surface area contributed by atoms with Crippen molar-refractivity contribution in [2.24, 2.45) is 5.92 Å². The van der Waals surface area contributed by atoms with Gasteiger partial charge in [0.15, 0.2) is 0 Å². The molecule has 1 aromatic rings. The number of hydrogen-bond acceptors (Lipinski definition) is 4. The van der Waals surface area contributed by atoms with E-state index in [0.29, 0.717) is 13.0 Å². The van der Waals surface area contributed by atoms with Crippen molar-refractivity contribution < 1.29 is 14.6 Å². The van der Waals surface area contributed by atoms with Crippen LogP contribution < -0.4 is 0 Å². The molecule has 4 heteroatoms. The highest BCUT2D eigenvalue weighted by Gasteiger charge is 2.41. The van der Waals surface area contributed by atoms with Gasteiger partial charge in [-0.15, -0.1) is 11.8 Å². The average molecular weight is 266 g/mol. The molecule has 0 saturated heterocycles. The van der Waals surface area contributed by atoms with Gasteiger partial charge in [0.2, 0.25) is 0 Å². The molecule has 0 radical (unpaired) electrons. The predicted molar refractivity (Wildman–Crippen MR) is 71.5 cm³/mol. The second kappa shape index (κ2) is 6.25. The van der Waals surface area contributed by atoms with E-state index < -0.39 is 12.0 Å². The van der Waals surface area contributed by atoms with Crippen LogP contribution in [0, 0.1) is 5.92 Å². The third-order valence-electron chi connectivity index (χ3n) is 3.15. The van der Waals surface area contributed by atoms with Gasteiger partial charge in [0.25, 0.3) is 0 Å². The number of benzene rings is 1. The van der Waals surface area contributed by atoms with Gasteiger partial charge in [0, 0.05) is 10.1 Å². The standard InChI is InChI=1S/C14H18O3S/c1-2-17-14(16)13-11(15)8-9-12(13)18-10-6-4-3-5-7-10/h3-7,11-13,15H,2,8-9H2,1H3/t11-,12-,13-/m0/s1. The van der Waals surface area contributed by atoms with Gasteiger partial charge in [-0.3, -0.25) is 4.79 Å². The summed E-state index contributed by atoms with van der Waals surface area (Å²) in [4.78, 5) is 13.0. The van der Waals surface area contributed by atoms with E-state index in [1.54, 1.807) is 18.7 Å². The summed E-state index contributed by atoms with van der Waals surface area (Å²) in [5.74, 6) is -0.661. The van der Waals surface area contributed by atoms with Crippen LogP contribution >= 0.6 is 11.8 Å². The van der Waals surface area contributed by atoms with Crippen LogP contribution in [0.4, 0.5) is 0 Å². The third-order valence-corrected chi connectivity index (χ3v) is 4.53. The van der Waals surface area contributed by atoms with Crippen molar-refractivity contribution in [3.05, 3.63) is 30.3 Å². The Labute approximate surface area is 112 Å². The van der Waals surface area contributed by atoms with E-state index in [4.69, 9.17) is 4.74 Å². The van der Waals surface area contributed by atoms with E-state index >= 15 is 0 Å². The Balaban J connectivity index is 2.05. The first-order valence-corrected chi connectivity index (χ1v) is 7.16. The van der Waals surface area contributed by atoms with Crippen LogP contribution in [-0.2, 0) is 9.53 Å². The van der Waals surface area contributed by atoms with Crippen LogP contribution in [0.5, 0.6) is 0 Å². The zero-order chi connectivity index (χ0) is 13.0. The van der Waals surface area contributed by atoms with Crippen molar-refractivity contribution in [1.82, 2.24) is 0 Å². The van der Waals surface area contributed by atoms with Crippen molar-refractivity contribution in [2.75, 3.05) is 6.61 Å². The number of hydrogen-bond donors (Lipinski definition) is 1. The highest BCUT2D eigenvalue weighted by Crippen LogP contribution is 2.39. The monoisotopic (exact) mass is 266 g/mol. The quantitative estimate of drug-likeness (QED) is 0.851. The number of rotatable bonds is 4. The average Bonchev–Trinajstić information content (AvgIpc) is 2.72. The van der Waals surface area contributed by atoms with Crippen molar-refractivity contribution in [3.63, 3.8) is 0 Å². The van der Waals surface area contributed by atoms with Gasteiger partial charge >= 0.3 is 5.97 Å². The maximum atomic E-state index is 11.9. The number of ether oxygens (including phenoxy) is 1. The van der Waals surface area contributed by atoms with Crippen molar-refractivity contribution in [3.8, 4) is 0 Å². The summed E-state index contributed by atoms with van der Waals surface area (Å²) in [5, 5.41) is 10.0. The topological polar surface area (TPSA) is 46.5 Å². The number of thioether (sulfide) groups is 1. The molecule has 98 valence electrons. The molecule has 1 N–H and O–H groups in total. The van der Waals surface area contributed by atoms with Crippen molar-refractivity contribution >= 4 is 17.7 Å². The molecule has 0 bridgehead atoms. The van der Waals surface area contributed by atoms with Gasteiger partial charge < -0.3 is 9.84 Å². The Morgan fingerprint density at radius 1 is 1.39 bits per heavy atom. The van der Waals surface area contributed by atoms with E-state index in [-0.39, 0.29) is 11.2 Å². The van der Waals surface area contributed by atoms with Gasteiger partial charge in [0.1, 0.15) is 0 Å². The number of carbonyl (C=O) groups is 1. The second-order valence-electron chi connectivity index (χ2n) is 4.39. The molecule has 0 heterocycles. The molecule has 3 atom stereocenters. The largest absolute Gasteiger partial charge is 0.466 e. The lowest BCUT2D eigenvalue weighted by Gasteiger charge is -2.19. The summed E-state index contributed by atoms with van der Waals surface area (Å²) in [6, 6.07) is 9.98. The summed E-state index contributed by atoms with van der Waals surface area (Å²) in [5.41, 5.74) is 0. The molecule has 1 aliphatic carbocycles. The van der Waals surface area contributed by atoms with Crippen LogP contribution in [0.15, 0.2) is 35.2 Å². The lowest BCUT2D eigenvalue weighted by atomic mass is 10.1. The van der Waals surface area contributed by atoms with Crippen LogP contribution in [0.3, 0.4) is 0 Å². The highest BCUT2D eigenvalue weighted by atomic mass is 32.2. The first kappa shape index (κ1) is 13.4.